The highest BCUT2D eigenvalue weighted by atomic mass is 16.2. The fourth-order valence-electron chi connectivity index (χ4n) is 3.52. The van der Waals surface area contributed by atoms with Crippen molar-refractivity contribution < 1.29 is 14.4 Å². The predicted octanol–water partition coefficient (Wildman–Crippen LogP) is 1.91. The van der Waals surface area contributed by atoms with Crippen LogP contribution in [0.2, 0.25) is 0 Å². The molecule has 2 N–H and O–H groups in total. The number of carbonyl (C=O) groups is 3. The molecular weight excluding hydrogens is 308 g/mol. The van der Waals surface area contributed by atoms with Gasteiger partial charge in [-0.15, -0.1) is 0 Å². The van der Waals surface area contributed by atoms with Gasteiger partial charge in [0.15, 0.2) is 0 Å². The van der Waals surface area contributed by atoms with E-state index in [0.717, 1.165) is 24.2 Å². The van der Waals surface area contributed by atoms with Gasteiger partial charge in [0.05, 0.1) is 11.9 Å². The van der Waals surface area contributed by atoms with E-state index in [-0.39, 0.29) is 12.5 Å². The quantitative estimate of drug-likeness (QED) is 0.825. The highest BCUT2D eigenvalue weighted by Crippen LogP contribution is 2.37. The standard InChI is InChI=1S/C17H22N4O3/c1-2-12-5-7-17(8-6-12)15(23)21(16(24)20-17)11-14(22)19-13-4-3-9-18-10-13/h3-4,9-10,12H,2,5-8,11H2,1H3,(H,19,22)(H,20,24). The molecule has 3 rings (SSSR count). The first-order chi connectivity index (χ1) is 11.5. The minimum atomic E-state index is -0.808. The number of imide groups is 1. The number of rotatable bonds is 4. The van der Waals surface area contributed by atoms with Crippen LogP contribution < -0.4 is 10.6 Å². The van der Waals surface area contributed by atoms with E-state index in [1.807, 2.05) is 0 Å². The summed E-state index contributed by atoms with van der Waals surface area (Å²) in [4.78, 5) is 42.0. The van der Waals surface area contributed by atoms with Crippen LogP contribution in [0, 0.1) is 5.92 Å². The molecule has 7 nitrogen and oxygen atoms in total. The number of anilines is 1. The molecule has 1 spiro atoms. The van der Waals surface area contributed by atoms with Crippen LogP contribution in [0.3, 0.4) is 0 Å². The summed E-state index contributed by atoms with van der Waals surface area (Å²) in [6.07, 6.45) is 7.36. The van der Waals surface area contributed by atoms with E-state index in [2.05, 4.69) is 22.5 Å². The van der Waals surface area contributed by atoms with Crippen molar-refractivity contribution in [1.29, 1.82) is 0 Å². The van der Waals surface area contributed by atoms with Crippen LogP contribution in [0.15, 0.2) is 24.5 Å². The van der Waals surface area contributed by atoms with Crippen LogP contribution in [-0.2, 0) is 9.59 Å². The average molecular weight is 330 g/mol. The first-order valence-corrected chi connectivity index (χ1v) is 8.38. The van der Waals surface area contributed by atoms with Crippen molar-refractivity contribution in [1.82, 2.24) is 15.2 Å². The number of aromatic nitrogens is 1. The van der Waals surface area contributed by atoms with E-state index < -0.39 is 17.5 Å². The van der Waals surface area contributed by atoms with Crippen molar-refractivity contribution >= 4 is 23.5 Å². The lowest BCUT2D eigenvalue weighted by atomic mass is 9.75. The lowest BCUT2D eigenvalue weighted by Gasteiger charge is -2.34. The zero-order chi connectivity index (χ0) is 17.2. The van der Waals surface area contributed by atoms with Gasteiger partial charge in [0.1, 0.15) is 12.1 Å². The molecule has 1 aliphatic heterocycles. The Kier molecular flexibility index (Phi) is 4.51. The van der Waals surface area contributed by atoms with E-state index in [4.69, 9.17) is 0 Å². The number of nitrogens with zero attached hydrogens (tertiary/aromatic N) is 2. The Balaban J connectivity index is 1.63. The first kappa shape index (κ1) is 16.4. The van der Waals surface area contributed by atoms with Crippen molar-refractivity contribution in [2.45, 2.75) is 44.6 Å². The van der Waals surface area contributed by atoms with Crippen molar-refractivity contribution in [2.24, 2.45) is 5.92 Å². The Bertz CT molecular complexity index is 638. The Morgan fingerprint density at radius 1 is 1.42 bits per heavy atom. The first-order valence-electron chi connectivity index (χ1n) is 8.38. The molecule has 1 aliphatic carbocycles. The lowest BCUT2D eigenvalue weighted by Crippen LogP contribution is -2.49. The summed E-state index contributed by atoms with van der Waals surface area (Å²) in [5.74, 6) is -0.0718. The predicted molar refractivity (Wildman–Crippen MR) is 88.1 cm³/mol. The van der Waals surface area contributed by atoms with E-state index in [9.17, 15) is 14.4 Å². The zero-order valence-corrected chi connectivity index (χ0v) is 13.7. The monoisotopic (exact) mass is 330 g/mol. The van der Waals surface area contributed by atoms with Gasteiger partial charge in [0, 0.05) is 6.20 Å². The number of amides is 4. The van der Waals surface area contributed by atoms with Crippen LogP contribution >= 0.6 is 0 Å². The summed E-state index contributed by atoms with van der Waals surface area (Å²) < 4.78 is 0. The summed E-state index contributed by atoms with van der Waals surface area (Å²) >= 11 is 0. The van der Waals surface area contributed by atoms with Gasteiger partial charge in [0.25, 0.3) is 5.91 Å². The van der Waals surface area contributed by atoms with E-state index in [0.29, 0.717) is 24.4 Å². The minimum absolute atomic E-state index is 0.275. The van der Waals surface area contributed by atoms with Gasteiger partial charge in [0.2, 0.25) is 5.91 Å². The Morgan fingerprint density at radius 3 is 2.79 bits per heavy atom. The molecule has 2 heterocycles. The summed E-state index contributed by atoms with van der Waals surface area (Å²) in [5.41, 5.74) is -0.273. The minimum Gasteiger partial charge on any atom is -0.323 e. The average Bonchev–Trinajstić information content (AvgIpc) is 2.81. The molecular formula is C17H22N4O3. The second kappa shape index (κ2) is 6.59. The van der Waals surface area contributed by atoms with E-state index in [1.165, 1.54) is 6.20 Å². The molecule has 24 heavy (non-hydrogen) atoms. The largest absolute Gasteiger partial charge is 0.325 e. The molecule has 1 aromatic heterocycles. The van der Waals surface area contributed by atoms with Crippen LogP contribution in [0.4, 0.5) is 10.5 Å². The molecule has 0 bridgehead atoms. The number of nitrogens with one attached hydrogen (secondary N) is 2. The molecule has 4 amide bonds. The maximum Gasteiger partial charge on any atom is 0.325 e. The summed E-state index contributed by atoms with van der Waals surface area (Å²) in [6.45, 7) is 1.87. The second-order valence-corrected chi connectivity index (χ2v) is 6.55. The number of carbonyl (C=O) groups excluding carboxylic acids is 3. The molecule has 2 fully saturated rings. The van der Waals surface area contributed by atoms with Gasteiger partial charge in [-0.1, -0.05) is 13.3 Å². The van der Waals surface area contributed by atoms with Gasteiger partial charge in [-0.3, -0.25) is 19.5 Å². The summed E-state index contributed by atoms with van der Waals surface area (Å²) in [5, 5.41) is 5.47. The molecule has 0 unspecified atom stereocenters. The third-order valence-electron chi connectivity index (χ3n) is 5.03. The molecule has 0 radical (unpaired) electrons. The number of hydrogen-bond acceptors (Lipinski definition) is 4. The summed E-state index contributed by atoms with van der Waals surface area (Å²) in [7, 11) is 0. The fourth-order valence-corrected chi connectivity index (χ4v) is 3.52. The van der Waals surface area contributed by atoms with E-state index in [1.54, 1.807) is 18.3 Å². The third-order valence-corrected chi connectivity index (χ3v) is 5.03. The van der Waals surface area contributed by atoms with Crippen LogP contribution in [0.1, 0.15) is 39.0 Å². The van der Waals surface area contributed by atoms with Crippen LogP contribution in [0.5, 0.6) is 0 Å². The van der Waals surface area contributed by atoms with Gasteiger partial charge in [-0.2, -0.15) is 0 Å². The lowest BCUT2D eigenvalue weighted by molar-refractivity contribution is -0.135. The highest BCUT2D eigenvalue weighted by Gasteiger charge is 2.52. The molecule has 2 aliphatic rings. The van der Waals surface area contributed by atoms with Crippen LogP contribution in [-0.4, -0.2) is 39.8 Å². The third kappa shape index (κ3) is 3.11. The molecule has 0 atom stereocenters. The van der Waals surface area contributed by atoms with Crippen molar-refractivity contribution in [2.75, 3.05) is 11.9 Å². The van der Waals surface area contributed by atoms with Gasteiger partial charge in [-0.25, -0.2) is 4.79 Å². The smallest absolute Gasteiger partial charge is 0.323 e. The van der Waals surface area contributed by atoms with Gasteiger partial charge in [-0.05, 0) is 43.7 Å². The maximum atomic E-state index is 12.7. The zero-order valence-electron chi connectivity index (χ0n) is 13.7. The Labute approximate surface area is 140 Å². The Morgan fingerprint density at radius 2 is 2.17 bits per heavy atom. The molecule has 1 saturated carbocycles. The van der Waals surface area contributed by atoms with Gasteiger partial charge >= 0.3 is 6.03 Å². The number of pyridine rings is 1. The molecule has 1 saturated heterocycles. The number of hydrogen-bond donors (Lipinski definition) is 2. The van der Waals surface area contributed by atoms with E-state index >= 15 is 0 Å². The van der Waals surface area contributed by atoms with Crippen molar-refractivity contribution in [3.63, 3.8) is 0 Å². The SMILES string of the molecule is CCC1CCC2(CC1)NC(=O)N(CC(=O)Nc1cccnc1)C2=O. The summed E-state index contributed by atoms with van der Waals surface area (Å²) in [6, 6.07) is 2.92. The molecule has 0 aromatic carbocycles. The highest BCUT2D eigenvalue weighted by molar-refractivity contribution is 6.10. The number of urea groups is 1. The second-order valence-electron chi connectivity index (χ2n) is 6.55. The van der Waals surface area contributed by atoms with Gasteiger partial charge < -0.3 is 10.6 Å². The fraction of sp³-hybridized carbons (Fsp3) is 0.529. The van der Waals surface area contributed by atoms with Crippen molar-refractivity contribution in [3.05, 3.63) is 24.5 Å². The molecule has 128 valence electrons. The molecule has 1 aromatic rings. The maximum absolute atomic E-state index is 12.7. The van der Waals surface area contributed by atoms with Crippen molar-refractivity contribution in [3.8, 4) is 0 Å². The Hall–Kier alpha value is -2.44. The topological polar surface area (TPSA) is 91.4 Å². The van der Waals surface area contributed by atoms with Crippen LogP contribution in [0.25, 0.3) is 0 Å². The molecule has 7 heteroatoms. The normalized spacial score (nSPS) is 26.5.